The predicted octanol–water partition coefficient (Wildman–Crippen LogP) is 5.47. The van der Waals surface area contributed by atoms with Gasteiger partial charge in [0, 0.05) is 29.9 Å². The maximum absolute atomic E-state index is 9.00. The summed E-state index contributed by atoms with van der Waals surface area (Å²) in [5, 5.41) is 8.14. The van der Waals surface area contributed by atoms with Gasteiger partial charge in [-0.1, -0.05) is 90.5 Å². The molecule has 29 heavy (non-hydrogen) atoms. The van der Waals surface area contributed by atoms with Crippen LogP contribution in [0.4, 0.5) is 0 Å². The molecular weight excluding hydrogens is 384 g/mol. The molecule has 0 bridgehead atoms. The monoisotopic (exact) mass is 404 g/mol. The predicted molar refractivity (Wildman–Crippen MR) is 115 cm³/mol. The van der Waals surface area contributed by atoms with Crippen molar-refractivity contribution in [1.82, 2.24) is 9.55 Å². The molecule has 4 aromatic rings. The normalized spacial score (nSPS) is 10.7. The second-order valence-electron chi connectivity index (χ2n) is 6.41. The molecule has 4 nitrogen and oxygen atoms in total. The molecule has 1 heterocycles. The highest BCUT2D eigenvalue weighted by Crippen LogP contribution is 2.43. The van der Waals surface area contributed by atoms with Crippen molar-refractivity contribution in [3.05, 3.63) is 125 Å². The van der Waals surface area contributed by atoms with Gasteiger partial charge in [-0.3, -0.25) is 4.79 Å². The van der Waals surface area contributed by atoms with Gasteiger partial charge in [0.05, 0.1) is 6.33 Å². The first kappa shape index (κ1) is 20.4. The summed E-state index contributed by atoms with van der Waals surface area (Å²) in [6.45, 7) is 1.08. The SMILES string of the molecule is CC(=O)O.Clc1ccccc1C(c1ccccc1)(c1ccccc1)n1ccnc1. The zero-order valence-electron chi connectivity index (χ0n) is 15.9. The van der Waals surface area contributed by atoms with Crippen LogP contribution in [-0.2, 0) is 10.3 Å². The van der Waals surface area contributed by atoms with Gasteiger partial charge in [-0.15, -0.1) is 0 Å². The third kappa shape index (κ3) is 4.23. The second kappa shape index (κ2) is 9.22. The van der Waals surface area contributed by atoms with Crippen LogP contribution in [0.15, 0.2) is 104 Å². The smallest absolute Gasteiger partial charge is 0.300 e. The molecule has 0 amide bonds. The topological polar surface area (TPSA) is 55.1 Å². The van der Waals surface area contributed by atoms with Crippen LogP contribution in [0.3, 0.4) is 0 Å². The molecule has 0 saturated carbocycles. The molecular formula is C24H21ClN2O2. The lowest BCUT2D eigenvalue weighted by atomic mass is 9.76. The van der Waals surface area contributed by atoms with Crippen LogP contribution in [0, 0.1) is 0 Å². The number of hydrogen-bond donors (Lipinski definition) is 1. The van der Waals surface area contributed by atoms with E-state index in [1.165, 1.54) is 0 Å². The van der Waals surface area contributed by atoms with E-state index in [0.29, 0.717) is 0 Å². The number of carboxylic acid groups (broad SMARTS) is 1. The molecule has 1 aromatic heterocycles. The zero-order valence-corrected chi connectivity index (χ0v) is 16.7. The van der Waals surface area contributed by atoms with Crippen molar-refractivity contribution in [3.8, 4) is 0 Å². The second-order valence-corrected chi connectivity index (χ2v) is 6.82. The number of halogens is 1. The molecule has 5 heteroatoms. The standard InChI is InChI=1S/C22H17ClN2.C2H4O2/c23-21-14-8-7-13-20(21)22(25-16-15-24-17-25,18-9-3-1-4-10-18)19-11-5-2-6-12-19;1-2(3)4/h1-17H;1H3,(H,3,4). The van der Waals surface area contributed by atoms with E-state index in [0.717, 1.165) is 28.6 Å². The summed E-state index contributed by atoms with van der Waals surface area (Å²) in [7, 11) is 0. The van der Waals surface area contributed by atoms with Crippen molar-refractivity contribution in [2.24, 2.45) is 0 Å². The van der Waals surface area contributed by atoms with Crippen molar-refractivity contribution in [2.45, 2.75) is 12.5 Å². The average Bonchev–Trinajstić information content (AvgIpc) is 3.26. The van der Waals surface area contributed by atoms with E-state index in [9.17, 15) is 0 Å². The van der Waals surface area contributed by atoms with E-state index in [2.05, 4.69) is 64.1 Å². The van der Waals surface area contributed by atoms with Crippen molar-refractivity contribution < 1.29 is 9.90 Å². The Kier molecular flexibility index (Phi) is 6.47. The fraction of sp³-hybridized carbons (Fsp3) is 0.0833. The van der Waals surface area contributed by atoms with Gasteiger partial charge in [-0.05, 0) is 17.2 Å². The Morgan fingerprint density at radius 2 is 1.38 bits per heavy atom. The first-order valence-corrected chi connectivity index (χ1v) is 9.48. The highest BCUT2D eigenvalue weighted by Gasteiger charge is 2.39. The van der Waals surface area contributed by atoms with Crippen molar-refractivity contribution in [2.75, 3.05) is 0 Å². The zero-order chi connectivity index (χ0) is 20.7. The molecule has 3 aromatic carbocycles. The highest BCUT2D eigenvalue weighted by molar-refractivity contribution is 6.31. The molecule has 0 radical (unpaired) electrons. The van der Waals surface area contributed by atoms with Crippen LogP contribution < -0.4 is 0 Å². The number of aliphatic carboxylic acids is 1. The first-order valence-electron chi connectivity index (χ1n) is 9.11. The maximum atomic E-state index is 9.00. The van der Waals surface area contributed by atoms with Crippen LogP contribution in [0.25, 0.3) is 0 Å². The van der Waals surface area contributed by atoms with Crippen LogP contribution in [0.2, 0.25) is 5.02 Å². The Hall–Kier alpha value is -3.37. The molecule has 0 atom stereocenters. The molecule has 0 spiro atoms. The molecule has 0 fully saturated rings. The summed E-state index contributed by atoms with van der Waals surface area (Å²) in [4.78, 5) is 13.3. The number of rotatable bonds is 4. The van der Waals surface area contributed by atoms with Crippen molar-refractivity contribution in [3.63, 3.8) is 0 Å². The number of carboxylic acids is 1. The fourth-order valence-electron chi connectivity index (χ4n) is 3.49. The van der Waals surface area contributed by atoms with Gasteiger partial charge in [0.15, 0.2) is 0 Å². The molecule has 0 aliphatic heterocycles. The minimum absolute atomic E-state index is 0.586. The van der Waals surface area contributed by atoms with Crippen LogP contribution in [0.1, 0.15) is 23.6 Å². The minimum Gasteiger partial charge on any atom is -0.481 e. The molecule has 1 N–H and O–H groups in total. The van der Waals surface area contributed by atoms with E-state index in [4.69, 9.17) is 21.5 Å². The van der Waals surface area contributed by atoms with Crippen LogP contribution in [-0.4, -0.2) is 20.6 Å². The van der Waals surface area contributed by atoms with Gasteiger partial charge in [-0.25, -0.2) is 4.98 Å². The third-order valence-corrected chi connectivity index (χ3v) is 4.87. The van der Waals surface area contributed by atoms with E-state index in [1.54, 1.807) is 6.20 Å². The van der Waals surface area contributed by atoms with Gasteiger partial charge >= 0.3 is 0 Å². The summed E-state index contributed by atoms with van der Waals surface area (Å²) in [5.41, 5.74) is 2.70. The first-order chi connectivity index (χ1) is 14.1. The molecule has 0 aliphatic carbocycles. The van der Waals surface area contributed by atoms with Gasteiger partial charge < -0.3 is 9.67 Å². The number of imidazole rings is 1. The largest absolute Gasteiger partial charge is 0.481 e. The quantitative estimate of drug-likeness (QED) is 0.459. The van der Waals surface area contributed by atoms with E-state index in [1.807, 2.05) is 42.9 Å². The Labute approximate surface area is 175 Å². The highest BCUT2D eigenvalue weighted by atomic mass is 35.5. The van der Waals surface area contributed by atoms with Gasteiger partial charge in [0.2, 0.25) is 0 Å². The molecule has 0 saturated heterocycles. The summed E-state index contributed by atoms with van der Waals surface area (Å²) in [5.74, 6) is -0.833. The fourth-order valence-corrected chi connectivity index (χ4v) is 3.76. The number of benzene rings is 3. The van der Waals surface area contributed by atoms with Gasteiger partial charge in [0.1, 0.15) is 5.54 Å². The number of carbonyl (C=O) groups is 1. The molecule has 4 rings (SSSR count). The average molecular weight is 405 g/mol. The molecule has 0 unspecified atom stereocenters. The number of hydrogen-bond acceptors (Lipinski definition) is 2. The maximum Gasteiger partial charge on any atom is 0.300 e. The third-order valence-electron chi connectivity index (χ3n) is 4.54. The Morgan fingerprint density at radius 3 is 1.83 bits per heavy atom. The van der Waals surface area contributed by atoms with Gasteiger partial charge in [-0.2, -0.15) is 0 Å². The van der Waals surface area contributed by atoms with E-state index >= 15 is 0 Å². The lowest BCUT2D eigenvalue weighted by Gasteiger charge is -2.37. The van der Waals surface area contributed by atoms with Crippen LogP contribution >= 0.6 is 11.6 Å². The number of nitrogens with zero attached hydrogens (tertiary/aromatic N) is 2. The Balaban J connectivity index is 0.000000552. The van der Waals surface area contributed by atoms with E-state index in [-0.39, 0.29) is 0 Å². The van der Waals surface area contributed by atoms with Gasteiger partial charge in [0.25, 0.3) is 5.97 Å². The minimum atomic E-state index is -0.833. The lowest BCUT2D eigenvalue weighted by molar-refractivity contribution is -0.134. The molecule has 146 valence electrons. The number of aromatic nitrogens is 2. The Morgan fingerprint density at radius 1 is 0.897 bits per heavy atom. The summed E-state index contributed by atoms with van der Waals surface area (Å²) < 4.78 is 2.12. The lowest BCUT2D eigenvalue weighted by Crippen LogP contribution is -2.37. The summed E-state index contributed by atoms with van der Waals surface area (Å²) in [6, 6.07) is 28.8. The molecule has 0 aliphatic rings. The summed E-state index contributed by atoms with van der Waals surface area (Å²) >= 11 is 6.69. The van der Waals surface area contributed by atoms with Crippen molar-refractivity contribution >= 4 is 17.6 Å². The Bertz CT molecular complexity index is 1010. The van der Waals surface area contributed by atoms with Crippen LogP contribution in [0.5, 0.6) is 0 Å². The van der Waals surface area contributed by atoms with Crippen molar-refractivity contribution in [1.29, 1.82) is 0 Å². The summed E-state index contributed by atoms with van der Waals surface area (Å²) in [6.07, 6.45) is 5.64. The van der Waals surface area contributed by atoms with E-state index < -0.39 is 11.5 Å².